The summed E-state index contributed by atoms with van der Waals surface area (Å²) in [6, 6.07) is -0.435. The molecule has 0 fully saturated rings. The average molecular weight is 229 g/mol. The van der Waals surface area contributed by atoms with Crippen LogP contribution in [0, 0.1) is 0 Å². The number of aliphatic hydroxyl groups excluding tert-OH is 1. The van der Waals surface area contributed by atoms with Gasteiger partial charge in [-0.05, 0) is 6.92 Å². The second-order valence-electron chi connectivity index (χ2n) is 1.51. The van der Waals surface area contributed by atoms with Gasteiger partial charge in [0.25, 0.3) is 0 Å². The molecule has 2 atom stereocenters. The number of carbonyl (C=O) groups is 1. The maximum absolute atomic E-state index is 9.95. The van der Waals surface area contributed by atoms with Crippen molar-refractivity contribution in [2.75, 3.05) is 0 Å². The molecule has 0 aromatic carbocycles. The summed E-state index contributed by atoms with van der Waals surface area (Å²) in [6.07, 6.45) is 0.0706. The first-order chi connectivity index (χ1) is 3.72. The van der Waals surface area contributed by atoms with E-state index in [-0.39, 0.29) is 0 Å². The molecule has 0 aromatic rings. The molecule has 48 valence electrons. The molecule has 2 N–H and O–H groups in total. The topological polar surface area (TPSA) is 49.3 Å². The van der Waals surface area contributed by atoms with Crippen LogP contribution >= 0.6 is 22.9 Å². The monoisotopic (exact) mass is 229 g/mol. The van der Waals surface area contributed by atoms with E-state index < -0.39 is 12.1 Å². The highest BCUT2D eigenvalue weighted by atomic mass is 127. The van der Waals surface area contributed by atoms with E-state index >= 15 is 0 Å². The van der Waals surface area contributed by atoms with E-state index in [2.05, 4.69) is 3.53 Å². The van der Waals surface area contributed by atoms with Gasteiger partial charge in [-0.3, -0.25) is 0 Å². The Kier molecular flexibility index (Phi) is 4.39. The molecular weight excluding hydrogens is 221 g/mol. The molecule has 0 radical (unpaired) electrons. The largest absolute Gasteiger partial charge is 0.391 e. The smallest absolute Gasteiger partial charge is 0.140 e. The van der Waals surface area contributed by atoms with Gasteiger partial charge in [-0.1, -0.05) is 0 Å². The first-order valence-corrected chi connectivity index (χ1v) is 3.29. The van der Waals surface area contributed by atoms with Gasteiger partial charge in [-0.2, -0.15) is 0 Å². The normalized spacial score (nSPS) is 17.4. The van der Waals surface area contributed by atoms with Crippen molar-refractivity contribution in [2.24, 2.45) is 0 Å². The Hall–Kier alpha value is 0.320. The number of hydrogen-bond acceptors (Lipinski definition) is 3. The first-order valence-electron chi connectivity index (χ1n) is 2.22. The van der Waals surface area contributed by atoms with Crippen LogP contribution < -0.4 is 3.53 Å². The van der Waals surface area contributed by atoms with Gasteiger partial charge in [-0.15, -0.1) is 0 Å². The SMILES string of the molecule is C[C@@H](O)[C@@H](C=O)NI. The number of hydrogen-bond donors (Lipinski definition) is 2. The van der Waals surface area contributed by atoms with Crippen molar-refractivity contribution < 1.29 is 9.90 Å². The van der Waals surface area contributed by atoms with Crippen molar-refractivity contribution in [1.82, 2.24) is 3.53 Å². The second-order valence-corrected chi connectivity index (χ2v) is 2.13. The minimum Gasteiger partial charge on any atom is -0.391 e. The minimum absolute atomic E-state index is 0.435. The summed E-state index contributed by atoms with van der Waals surface area (Å²) in [5, 5.41) is 8.71. The van der Waals surface area contributed by atoms with Crippen LogP contribution in [0.5, 0.6) is 0 Å². The van der Waals surface area contributed by atoms with Crippen LogP contribution in [0.2, 0.25) is 0 Å². The molecular formula is C4H8INO2. The van der Waals surface area contributed by atoms with Crippen LogP contribution in [0.25, 0.3) is 0 Å². The Bertz CT molecular complexity index is 76.4. The molecule has 0 amide bonds. The van der Waals surface area contributed by atoms with Gasteiger partial charge >= 0.3 is 0 Å². The lowest BCUT2D eigenvalue weighted by molar-refractivity contribution is -0.110. The molecule has 0 spiro atoms. The molecule has 0 aliphatic carbocycles. The van der Waals surface area contributed by atoms with Crippen LogP contribution in [0.1, 0.15) is 6.92 Å². The Morgan fingerprint density at radius 3 is 2.38 bits per heavy atom. The second kappa shape index (κ2) is 4.22. The number of aldehydes is 1. The Labute approximate surface area is 62.0 Å². The van der Waals surface area contributed by atoms with E-state index in [0.29, 0.717) is 6.29 Å². The van der Waals surface area contributed by atoms with Crippen molar-refractivity contribution in [3.05, 3.63) is 0 Å². The van der Waals surface area contributed by atoms with E-state index in [1.54, 1.807) is 6.92 Å². The van der Waals surface area contributed by atoms with Crippen molar-refractivity contribution in [3.63, 3.8) is 0 Å². The summed E-state index contributed by atoms with van der Waals surface area (Å²) in [5.41, 5.74) is 0. The standard InChI is InChI=1S/C4H8INO2/c1-3(8)4(2-7)6-5/h2-4,6,8H,1H3/t3-,4-/m1/s1. The third kappa shape index (κ3) is 2.58. The Balaban J connectivity index is 3.51. The van der Waals surface area contributed by atoms with Gasteiger partial charge in [0, 0.05) is 22.9 Å². The van der Waals surface area contributed by atoms with E-state index in [1.165, 1.54) is 0 Å². The summed E-state index contributed by atoms with van der Waals surface area (Å²) in [4.78, 5) is 9.95. The third-order valence-electron chi connectivity index (χ3n) is 0.792. The van der Waals surface area contributed by atoms with Crippen LogP contribution in [0.15, 0.2) is 0 Å². The maximum atomic E-state index is 9.95. The first kappa shape index (κ1) is 8.32. The zero-order valence-electron chi connectivity index (χ0n) is 4.47. The Morgan fingerprint density at radius 2 is 2.38 bits per heavy atom. The van der Waals surface area contributed by atoms with E-state index in [0.717, 1.165) is 0 Å². The van der Waals surface area contributed by atoms with Crippen molar-refractivity contribution in [2.45, 2.75) is 19.1 Å². The van der Waals surface area contributed by atoms with Crippen molar-refractivity contribution in [1.29, 1.82) is 0 Å². The van der Waals surface area contributed by atoms with Gasteiger partial charge in [0.1, 0.15) is 6.29 Å². The highest BCUT2D eigenvalue weighted by Gasteiger charge is 2.09. The van der Waals surface area contributed by atoms with Gasteiger partial charge < -0.3 is 9.90 Å². The lowest BCUT2D eigenvalue weighted by Gasteiger charge is -2.08. The van der Waals surface area contributed by atoms with E-state index in [9.17, 15) is 4.79 Å². The molecule has 4 heteroatoms. The Morgan fingerprint density at radius 1 is 1.88 bits per heavy atom. The minimum atomic E-state index is -0.607. The molecule has 0 saturated heterocycles. The van der Waals surface area contributed by atoms with Gasteiger partial charge in [-0.25, -0.2) is 3.53 Å². The van der Waals surface area contributed by atoms with Crippen LogP contribution in [-0.2, 0) is 4.79 Å². The lowest BCUT2D eigenvalue weighted by atomic mass is 10.2. The lowest BCUT2D eigenvalue weighted by Crippen LogP contribution is -2.33. The van der Waals surface area contributed by atoms with Gasteiger partial charge in [0.05, 0.1) is 12.1 Å². The van der Waals surface area contributed by atoms with Gasteiger partial charge in [0.2, 0.25) is 0 Å². The summed E-state index contributed by atoms with van der Waals surface area (Å²) in [7, 11) is 0. The number of halogens is 1. The molecule has 8 heavy (non-hydrogen) atoms. The van der Waals surface area contributed by atoms with Crippen molar-refractivity contribution >= 4 is 29.2 Å². The predicted molar refractivity (Wildman–Crippen MR) is 38.7 cm³/mol. The van der Waals surface area contributed by atoms with Crippen LogP contribution in [0.4, 0.5) is 0 Å². The zero-order valence-corrected chi connectivity index (χ0v) is 6.62. The number of rotatable bonds is 3. The summed E-state index contributed by atoms with van der Waals surface area (Å²) in [6.45, 7) is 1.56. The summed E-state index contributed by atoms with van der Waals surface area (Å²) >= 11 is 1.82. The van der Waals surface area contributed by atoms with Crippen LogP contribution in [0.3, 0.4) is 0 Å². The fourth-order valence-electron chi connectivity index (χ4n) is 0.231. The molecule has 0 aliphatic rings. The predicted octanol–water partition coefficient (Wildman–Crippen LogP) is -0.126. The van der Waals surface area contributed by atoms with Crippen molar-refractivity contribution in [3.8, 4) is 0 Å². The molecule has 0 aromatic heterocycles. The maximum Gasteiger partial charge on any atom is 0.140 e. The summed E-state index contributed by atoms with van der Waals surface area (Å²) < 4.78 is 2.60. The fourth-order valence-corrected chi connectivity index (χ4v) is 0.898. The number of carbonyl (C=O) groups excluding carboxylic acids is 1. The fraction of sp³-hybridized carbons (Fsp3) is 0.750. The molecule has 3 nitrogen and oxygen atoms in total. The molecule has 0 saturated carbocycles. The van der Waals surface area contributed by atoms with E-state index in [1.807, 2.05) is 22.9 Å². The molecule has 0 heterocycles. The highest BCUT2D eigenvalue weighted by Crippen LogP contribution is 1.89. The molecule has 0 aliphatic heterocycles. The number of nitrogens with one attached hydrogen (secondary N) is 1. The summed E-state index contributed by atoms with van der Waals surface area (Å²) in [5.74, 6) is 0. The van der Waals surface area contributed by atoms with E-state index in [4.69, 9.17) is 5.11 Å². The molecule has 0 unspecified atom stereocenters. The van der Waals surface area contributed by atoms with Crippen LogP contribution in [-0.4, -0.2) is 23.5 Å². The molecule has 0 bridgehead atoms. The van der Waals surface area contributed by atoms with Gasteiger partial charge in [0.15, 0.2) is 0 Å². The quantitative estimate of drug-likeness (QED) is 0.402. The average Bonchev–Trinajstić information content (AvgIpc) is 1.69. The zero-order chi connectivity index (χ0) is 6.57. The number of aliphatic hydroxyl groups is 1. The third-order valence-corrected chi connectivity index (χ3v) is 1.51. The highest BCUT2D eigenvalue weighted by molar-refractivity contribution is 14.1. The molecule has 0 rings (SSSR count).